The molecule has 1 nitrogen and oxygen atoms in total. The van der Waals surface area contributed by atoms with Gasteiger partial charge in [0.05, 0.1) is 0 Å². The standard InChI is InChI=1S/C16H16BrF2N/c1-20-10-13(12-2-4-15(18)5-3-12)6-11-7-14(17)9-16(19)8-11/h2-5,7-9,13,20H,6,10H2,1H3. The highest BCUT2D eigenvalue weighted by Gasteiger charge is 2.13. The fourth-order valence-electron chi connectivity index (χ4n) is 2.30. The summed E-state index contributed by atoms with van der Waals surface area (Å²) >= 11 is 3.30. The molecule has 1 N–H and O–H groups in total. The summed E-state index contributed by atoms with van der Waals surface area (Å²) in [6, 6.07) is 11.4. The highest BCUT2D eigenvalue weighted by atomic mass is 79.9. The summed E-state index contributed by atoms with van der Waals surface area (Å²) in [4.78, 5) is 0. The van der Waals surface area contributed by atoms with E-state index in [4.69, 9.17) is 0 Å². The Hall–Kier alpha value is -1.26. The summed E-state index contributed by atoms with van der Waals surface area (Å²) in [7, 11) is 1.87. The summed E-state index contributed by atoms with van der Waals surface area (Å²) in [6.45, 7) is 0.750. The molecule has 0 saturated heterocycles. The van der Waals surface area contributed by atoms with Gasteiger partial charge in [-0.15, -0.1) is 0 Å². The van der Waals surface area contributed by atoms with E-state index in [9.17, 15) is 8.78 Å². The average Bonchev–Trinajstić information content (AvgIpc) is 2.38. The number of rotatable bonds is 5. The van der Waals surface area contributed by atoms with E-state index in [1.54, 1.807) is 12.1 Å². The molecule has 1 atom stereocenters. The van der Waals surface area contributed by atoms with Gasteiger partial charge < -0.3 is 5.32 Å². The number of likely N-dealkylation sites (N-methyl/N-ethyl adjacent to an activating group) is 1. The SMILES string of the molecule is CNCC(Cc1cc(F)cc(Br)c1)c1ccc(F)cc1. The van der Waals surface area contributed by atoms with Crippen LogP contribution in [-0.4, -0.2) is 13.6 Å². The molecular weight excluding hydrogens is 324 g/mol. The quantitative estimate of drug-likeness (QED) is 0.857. The smallest absolute Gasteiger partial charge is 0.124 e. The van der Waals surface area contributed by atoms with Crippen LogP contribution in [0.15, 0.2) is 46.9 Å². The maximum absolute atomic E-state index is 13.4. The first-order chi connectivity index (χ1) is 9.58. The molecule has 2 aromatic rings. The van der Waals surface area contributed by atoms with Crippen LogP contribution in [0.25, 0.3) is 0 Å². The first kappa shape index (κ1) is 15.1. The Morgan fingerprint density at radius 3 is 2.35 bits per heavy atom. The number of hydrogen-bond acceptors (Lipinski definition) is 1. The van der Waals surface area contributed by atoms with Crippen LogP contribution < -0.4 is 5.32 Å². The Morgan fingerprint density at radius 1 is 1.05 bits per heavy atom. The molecule has 20 heavy (non-hydrogen) atoms. The van der Waals surface area contributed by atoms with Crippen molar-refractivity contribution in [2.75, 3.05) is 13.6 Å². The lowest BCUT2D eigenvalue weighted by Crippen LogP contribution is -2.19. The molecule has 106 valence electrons. The average molecular weight is 340 g/mol. The molecule has 0 aliphatic carbocycles. The summed E-state index contributed by atoms with van der Waals surface area (Å²) in [5.41, 5.74) is 1.96. The highest BCUT2D eigenvalue weighted by molar-refractivity contribution is 9.10. The van der Waals surface area contributed by atoms with Crippen LogP contribution in [0.4, 0.5) is 8.78 Å². The molecule has 0 bridgehead atoms. The number of halogens is 3. The molecule has 0 spiro atoms. The van der Waals surface area contributed by atoms with E-state index in [2.05, 4.69) is 21.2 Å². The predicted octanol–water partition coefficient (Wildman–Crippen LogP) is 4.27. The van der Waals surface area contributed by atoms with Crippen LogP contribution in [0.3, 0.4) is 0 Å². The van der Waals surface area contributed by atoms with Crippen molar-refractivity contribution in [3.8, 4) is 0 Å². The lowest BCUT2D eigenvalue weighted by atomic mass is 9.92. The minimum atomic E-state index is -0.253. The molecule has 0 fully saturated rings. The second-order valence-corrected chi connectivity index (χ2v) is 5.70. The Morgan fingerprint density at radius 2 is 1.75 bits per heavy atom. The van der Waals surface area contributed by atoms with Gasteiger partial charge in [0.15, 0.2) is 0 Å². The third kappa shape index (κ3) is 4.12. The van der Waals surface area contributed by atoms with E-state index in [-0.39, 0.29) is 17.6 Å². The Kier molecular flexibility index (Phi) is 5.26. The number of hydrogen-bond donors (Lipinski definition) is 1. The van der Waals surface area contributed by atoms with Crippen LogP contribution in [0, 0.1) is 11.6 Å². The molecule has 0 aliphatic rings. The molecule has 0 aliphatic heterocycles. The maximum Gasteiger partial charge on any atom is 0.124 e. The van der Waals surface area contributed by atoms with Crippen molar-refractivity contribution in [3.63, 3.8) is 0 Å². The first-order valence-electron chi connectivity index (χ1n) is 6.43. The molecule has 1 unspecified atom stereocenters. The topological polar surface area (TPSA) is 12.0 Å². The van der Waals surface area contributed by atoms with E-state index in [0.29, 0.717) is 6.42 Å². The van der Waals surface area contributed by atoms with Gasteiger partial charge in [-0.2, -0.15) is 0 Å². The zero-order valence-corrected chi connectivity index (χ0v) is 12.8. The van der Waals surface area contributed by atoms with E-state index < -0.39 is 0 Å². The number of nitrogens with one attached hydrogen (secondary N) is 1. The third-order valence-electron chi connectivity index (χ3n) is 3.20. The maximum atomic E-state index is 13.4. The fourth-order valence-corrected chi connectivity index (χ4v) is 2.82. The van der Waals surface area contributed by atoms with E-state index >= 15 is 0 Å². The van der Waals surface area contributed by atoms with Gasteiger partial charge in [0.1, 0.15) is 11.6 Å². The van der Waals surface area contributed by atoms with Crippen molar-refractivity contribution in [2.45, 2.75) is 12.3 Å². The monoisotopic (exact) mass is 339 g/mol. The molecule has 2 aromatic carbocycles. The fraction of sp³-hybridized carbons (Fsp3) is 0.250. The van der Waals surface area contributed by atoms with Crippen molar-refractivity contribution in [1.29, 1.82) is 0 Å². The second kappa shape index (κ2) is 6.95. The van der Waals surface area contributed by atoms with Gasteiger partial charge in [0.2, 0.25) is 0 Å². The van der Waals surface area contributed by atoms with Gasteiger partial charge in [-0.1, -0.05) is 28.1 Å². The first-order valence-corrected chi connectivity index (χ1v) is 7.23. The molecular formula is C16H16BrF2N. The molecule has 0 radical (unpaired) electrons. The molecule has 0 aromatic heterocycles. The molecule has 4 heteroatoms. The minimum Gasteiger partial charge on any atom is -0.319 e. The Labute approximate surface area is 126 Å². The van der Waals surface area contributed by atoms with E-state index in [1.807, 2.05) is 13.1 Å². The molecule has 0 amide bonds. The highest BCUT2D eigenvalue weighted by Crippen LogP contribution is 2.23. The van der Waals surface area contributed by atoms with Crippen LogP contribution in [-0.2, 0) is 6.42 Å². The largest absolute Gasteiger partial charge is 0.319 e. The van der Waals surface area contributed by atoms with Crippen LogP contribution in [0.1, 0.15) is 17.0 Å². The molecule has 0 saturated carbocycles. The van der Waals surface area contributed by atoms with Gasteiger partial charge in [0, 0.05) is 16.9 Å². The Balaban J connectivity index is 2.22. The van der Waals surface area contributed by atoms with Crippen LogP contribution in [0.2, 0.25) is 0 Å². The lowest BCUT2D eigenvalue weighted by Gasteiger charge is -2.17. The number of benzene rings is 2. The minimum absolute atomic E-state index is 0.175. The van der Waals surface area contributed by atoms with Gasteiger partial charge >= 0.3 is 0 Å². The van der Waals surface area contributed by atoms with E-state index in [1.165, 1.54) is 24.3 Å². The van der Waals surface area contributed by atoms with Gasteiger partial charge in [-0.25, -0.2) is 8.78 Å². The molecule has 0 heterocycles. The van der Waals surface area contributed by atoms with Crippen LogP contribution >= 0.6 is 15.9 Å². The third-order valence-corrected chi connectivity index (χ3v) is 3.65. The second-order valence-electron chi connectivity index (χ2n) is 4.79. The van der Waals surface area contributed by atoms with Gasteiger partial charge in [-0.05, 0) is 54.9 Å². The zero-order chi connectivity index (χ0) is 14.5. The lowest BCUT2D eigenvalue weighted by molar-refractivity contribution is 0.602. The van der Waals surface area contributed by atoms with Crippen molar-refractivity contribution in [2.24, 2.45) is 0 Å². The summed E-state index contributed by atoms with van der Waals surface area (Å²) in [5, 5.41) is 3.13. The summed E-state index contributed by atoms with van der Waals surface area (Å²) < 4.78 is 27.2. The van der Waals surface area contributed by atoms with Crippen molar-refractivity contribution in [1.82, 2.24) is 5.32 Å². The zero-order valence-electron chi connectivity index (χ0n) is 11.2. The predicted molar refractivity (Wildman–Crippen MR) is 80.9 cm³/mol. The normalized spacial score (nSPS) is 12.4. The molecule has 2 rings (SSSR count). The van der Waals surface area contributed by atoms with Crippen molar-refractivity contribution < 1.29 is 8.78 Å². The van der Waals surface area contributed by atoms with Gasteiger partial charge in [-0.3, -0.25) is 0 Å². The van der Waals surface area contributed by atoms with Crippen molar-refractivity contribution >= 4 is 15.9 Å². The summed E-state index contributed by atoms with van der Waals surface area (Å²) in [5.74, 6) is -0.323. The van der Waals surface area contributed by atoms with Crippen molar-refractivity contribution in [3.05, 3.63) is 69.7 Å². The van der Waals surface area contributed by atoms with Gasteiger partial charge in [0.25, 0.3) is 0 Å². The summed E-state index contributed by atoms with van der Waals surface area (Å²) in [6.07, 6.45) is 0.697. The van der Waals surface area contributed by atoms with Crippen LogP contribution in [0.5, 0.6) is 0 Å². The van der Waals surface area contributed by atoms with E-state index in [0.717, 1.165) is 22.1 Å². The Bertz CT molecular complexity index is 549.